The molecular weight excluding hydrogens is 562 g/mol. The number of Topliss-reactive ketones (excluding diaryl/α,β-unsaturated/α-hetero) is 1. The summed E-state index contributed by atoms with van der Waals surface area (Å²) in [6.45, 7) is 5.99. The zero-order valence-corrected chi connectivity index (χ0v) is 24.5. The Balaban J connectivity index is 2.01. The highest BCUT2D eigenvalue weighted by atomic mass is 79.9. The third-order valence-corrected chi connectivity index (χ3v) is 9.35. The molecule has 1 heterocycles. The fourth-order valence-corrected chi connectivity index (χ4v) is 7.23. The first kappa shape index (κ1) is 30.7. The lowest BCUT2D eigenvalue weighted by atomic mass is 9.99. The fraction of sp³-hybridized carbons (Fsp3) is 0.615. The molecule has 7 nitrogen and oxygen atoms in total. The quantitative estimate of drug-likeness (QED) is 0.156. The van der Waals surface area contributed by atoms with Crippen LogP contribution in [-0.2, 0) is 25.6 Å². The second kappa shape index (κ2) is 16.3. The molecule has 0 bridgehead atoms. The number of hydrogen-bond acceptors (Lipinski definition) is 6. The van der Waals surface area contributed by atoms with Gasteiger partial charge in [0.25, 0.3) is 5.91 Å². The minimum atomic E-state index is -1.03. The minimum Gasteiger partial charge on any atom is -0.350 e. The van der Waals surface area contributed by atoms with Gasteiger partial charge in [-0.15, -0.1) is 0 Å². The Hall–Kier alpha value is -1.52. The van der Waals surface area contributed by atoms with Crippen LogP contribution in [0, 0.1) is 5.92 Å². The van der Waals surface area contributed by atoms with Crippen LogP contribution in [0.5, 0.6) is 0 Å². The maximum absolute atomic E-state index is 13.2. The largest absolute Gasteiger partial charge is 0.350 e. The third-order valence-electron chi connectivity index (χ3n) is 5.81. The van der Waals surface area contributed by atoms with Crippen LogP contribution in [0.2, 0.25) is 0 Å². The van der Waals surface area contributed by atoms with Gasteiger partial charge in [-0.1, -0.05) is 69.9 Å². The Morgan fingerprint density at radius 3 is 2.39 bits per heavy atom. The molecule has 0 radical (unpaired) electrons. The summed E-state index contributed by atoms with van der Waals surface area (Å²) < 4.78 is 0.891. The van der Waals surface area contributed by atoms with E-state index in [1.165, 1.54) is 12.2 Å². The number of hydrogen-bond donors (Lipinski definition) is 3. The van der Waals surface area contributed by atoms with Crippen LogP contribution in [0.1, 0.15) is 64.9 Å². The summed E-state index contributed by atoms with van der Waals surface area (Å²) in [4.78, 5) is 51.0. The monoisotopic (exact) mass is 599 g/mol. The Morgan fingerprint density at radius 1 is 1.06 bits per heavy atom. The topological polar surface area (TPSA) is 104 Å². The van der Waals surface area contributed by atoms with Crippen LogP contribution < -0.4 is 16.0 Å². The zero-order valence-electron chi connectivity index (χ0n) is 21.3. The summed E-state index contributed by atoms with van der Waals surface area (Å²) in [5.41, 5.74) is 0.810. The van der Waals surface area contributed by atoms with Gasteiger partial charge in [0.2, 0.25) is 17.6 Å². The van der Waals surface area contributed by atoms with E-state index in [9.17, 15) is 19.2 Å². The van der Waals surface area contributed by atoms with Gasteiger partial charge in [0.15, 0.2) is 0 Å². The summed E-state index contributed by atoms with van der Waals surface area (Å²) in [6, 6.07) is 5.56. The van der Waals surface area contributed by atoms with E-state index in [0.29, 0.717) is 24.6 Å². The number of halogens is 1. The van der Waals surface area contributed by atoms with E-state index in [2.05, 4.69) is 31.9 Å². The van der Waals surface area contributed by atoms with Gasteiger partial charge in [0.1, 0.15) is 12.1 Å². The van der Waals surface area contributed by atoms with E-state index in [1.807, 2.05) is 59.7 Å². The van der Waals surface area contributed by atoms with Gasteiger partial charge in [-0.3, -0.25) is 19.2 Å². The molecule has 200 valence electrons. The Bertz CT molecular complexity index is 876. The fourth-order valence-electron chi connectivity index (χ4n) is 3.94. The van der Waals surface area contributed by atoms with E-state index < -0.39 is 29.7 Å². The molecule has 3 atom stereocenters. The third kappa shape index (κ3) is 11.3. The first-order chi connectivity index (χ1) is 17.2. The van der Waals surface area contributed by atoms with Gasteiger partial charge >= 0.3 is 0 Å². The molecule has 0 spiro atoms. The maximum Gasteiger partial charge on any atom is 0.289 e. The second-order valence-corrected chi connectivity index (χ2v) is 13.1. The highest BCUT2D eigenvalue weighted by molar-refractivity contribution is 9.10. The number of likely N-dealkylation sites (N-methyl/N-ethyl adjacent to an activating group) is 1. The maximum atomic E-state index is 13.2. The molecule has 1 aliphatic heterocycles. The Kier molecular flexibility index (Phi) is 13.9. The molecular formula is C26H38BrN3O4S2. The number of carbonyl (C=O) groups excluding carboxylic acids is 4. The standard InChI is InChI=1S/C26H38BrN3O4S2/c1-4-28-26(34)24(32)21(16-18-9-11-19(27)12-10-18)30-25(33)22(15-17(2)3)29-23(31)8-6-5-7-20-13-14-35-36-20/h9-12,17,20-22H,4-8,13-16H2,1-3H3,(H,28,34)(H,29,31)(H,30,33). The lowest BCUT2D eigenvalue weighted by molar-refractivity contribution is -0.140. The predicted octanol–water partition coefficient (Wildman–Crippen LogP) is 4.43. The molecule has 1 saturated heterocycles. The van der Waals surface area contributed by atoms with Crippen molar-refractivity contribution < 1.29 is 19.2 Å². The molecule has 3 unspecified atom stereocenters. The van der Waals surface area contributed by atoms with E-state index >= 15 is 0 Å². The summed E-state index contributed by atoms with van der Waals surface area (Å²) >= 11 is 3.39. The van der Waals surface area contributed by atoms with Crippen molar-refractivity contribution in [2.45, 2.75) is 83.1 Å². The lowest BCUT2D eigenvalue weighted by Gasteiger charge is -2.24. The Labute approximate surface area is 231 Å². The molecule has 2 rings (SSSR count). The van der Waals surface area contributed by atoms with Crippen LogP contribution in [0.3, 0.4) is 0 Å². The normalized spacial score (nSPS) is 16.9. The SMILES string of the molecule is CCNC(=O)C(=O)C(Cc1ccc(Br)cc1)NC(=O)C(CC(C)C)NC(=O)CCCCC1CCSS1. The smallest absolute Gasteiger partial charge is 0.289 e. The minimum absolute atomic E-state index is 0.155. The van der Waals surface area contributed by atoms with E-state index in [1.54, 1.807) is 6.92 Å². The molecule has 36 heavy (non-hydrogen) atoms. The van der Waals surface area contributed by atoms with Crippen molar-refractivity contribution in [3.05, 3.63) is 34.3 Å². The van der Waals surface area contributed by atoms with E-state index in [0.717, 1.165) is 29.3 Å². The number of amides is 3. The predicted molar refractivity (Wildman–Crippen MR) is 152 cm³/mol. The lowest BCUT2D eigenvalue weighted by Crippen LogP contribution is -2.54. The van der Waals surface area contributed by atoms with Crippen LogP contribution in [-0.4, -0.2) is 53.1 Å². The molecule has 0 saturated carbocycles. The van der Waals surface area contributed by atoms with Crippen molar-refractivity contribution in [1.82, 2.24) is 16.0 Å². The van der Waals surface area contributed by atoms with Gasteiger partial charge in [0.05, 0.1) is 0 Å². The molecule has 1 aromatic rings. The van der Waals surface area contributed by atoms with Crippen LogP contribution in [0.25, 0.3) is 0 Å². The molecule has 0 aliphatic carbocycles. The molecule has 0 aromatic heterocycles. The number of rotatable bonds is 15. The number of carbonyl (C=O) groups is 4. The van der Waals surface area contributed by atoms with Crippen molar-refractivity contribution in [2.24, 2.45) is 5.92 Å². The summed E-state index contributed by atoms with van der Waals surface area (Å²) in [5, 5.41) is 8.82. The second-order valence-electron chi connectivity index (χ2n) is 9.44. The molecule has 1 aliphatic rings. The molecule has 3 amide bonds. The molecule has 3 N–H and O–H groups in total. The number of unbranched alkanes of at least 4 members (excludes halogenated alkanes) is 1. The van der Waals surface area contributed by atoms with Crippen molar-refractivity contribution in [1.29, 1.82) is 0 Å². The van der Waals surface area contributed by atoms with Crippen molar-refractivity contribution in [3.63, 3.8) is 0 Å². The van der Waals surface area contributed by atoms with Crippen LogP contribution >= 0.6 is 37.5 Å². The van der Waals surface area contributed by atoms with Crippen LogP contribution in [0.15, 0.2) is 28.7 Å². The van der Waals surface area contributed by atoms with Crippen molar-refractivity contribution in [3.8, 4) is 0 Å². The van der Waals surface area contributed by atoms with Gasteiger partial charge < -0.3 is 16.0 Å². The van der Waals surface area contributed by atoms with Gasteiger partial charge in [0, 0.05) is 34.9 Å². The first-order valence-corrected chi connectivity index (χ1v) is 15.8. The molecule has 1 aromatic carbocycles. The van der Waals surface area contributed by atoms with Gasteiger partial charge in [-0.05, 0) is 56.2 Å². The Morgan fingerprint density at radius 2 is 1.78 bits per heavy atom. The van der Waals surface area contributed by atoms with E-state index in [4.69, 9.17) is 0 Å². The first-order valence-electron chi connectivity index (χ1n) is 12.6. The summed E-state index contributed by atoms with van der Waals surface area (Å²) in [6.07, 6.45) is 5.10. The summed E-state index contributed by atoms with van der Waals surface area (Å²) in [7, 11) is 3.86. The molecule has 10 heteroatoms. The highest BCUT2D eigenvalue weighted by Gasteiger charge is 2.30. The highest BCUT2D eigenvalue weighted by Crippen LogP contribution is 2.39. The number of nitrogens with one attached hydrogen (secondary N) is 3. The zero-order chi connectivity index (χ0) is 26.5. The average Bonchev–Trinajstić information content (AvgIpc) is 3.35. The summed E-state index contributed by atoms with van der Waals surface area (Å²) in [5.74, 6) is -0.691. The van der Waals surface area contributed by atoms with Gasteiger partial charge in [-0.25, -0.2) is 0 Å². The van der Waals surface area contributed by atoms with Crippen LogP contribution in [0.4, 0.5) is 0 Å². The average molecular weight is 601 g/mol. The van der Waals surface area contributed by atoms with Crippen molar-refractivity contribution in [2.75, 3.05) is 12.3 Å². The number of benzene rings is 1. The van der Waals surface area contributed by atoms with E-state index in [-0.39, 0.29) is 18.2 Å². The number of ketones is 1. The van der Waals surface area contributed by atoms with Gasteiger partial charge in [-0.2, -0.15) is 0 Å². The molecule has 1 fully saturated rings. The van der Waals surface area contributed by atoms with Crippen molar-refractivity contribution >= 4 is 61.0 Å².